The van der Waals surface area contributed by atoms with Crippen molar-refractivity contribution in [1.29, 1.82) is 0 Å². The highest BCUT2D eigenvalue weighted by Crippen LogP contribution is 2.51. The lowest BCUT2D eigenvalue weighted by atomic mass is 9.57. The normalized spacial score (nSPS) is 30.4. The van der Waals surface area contributed by atoms with E-state index in [0.717, 1.165) is 24.4 Å². The maximum Gasteiger partial charge on any atom is 0.315 e. The molecule has 3 rings (SSSR count). The van der Waals surface area contributed by atoms with Crippen LogP contribution in [0.2, 0.25) is 0 Å². The van der Waals surface area contributed by atoms with Gasteiger partial charge in [0.2, 0.25) is 0 Å². The third-order valence-corrected chi connectivity index (χ3v) is 4.79. The number of fused-ring (bicyclic) bond motifs is 1. The maximum atomic E-state index is 12.0. The Morgan fingerprint density at radius 2 is 2.30 bits per heavy atom. The van der Waals surface area contributed by atoms with E-state index >= 15 is 0 Å². The largest absolute Gasteiger partial charge is 0.469 e. The lowest BCUT2D eigenvalue weighted by Gasteiger charge is -2.54. The summed E-state index contributed by atoms with van der Waals surface area (Å²) in [7, 11) is 0. The molecular weight excluding hydrogens is 256 g/mol. The number of amides is 2. The number of urea groups is 1. The van der Waals surface area contributed by atoms with Crippen LogP contribution in [0.5, 0.6) is 0 Å². The Hall–Kier alpha value is -1.49. The van der Waals surface area contributed by atoms with Gasteiger partial charge in [0.1, 0.15) is 5.76 Å². The van der Waals surface area contributed by atoms with Crippen LogP contribution < -0.4 is 10.6 Å². The maximum absolute atomic E-state index is 12.0. The third kappa shape index (κ3) is 2.10. The van der Waals surface area contributed by atoms with Crippen molar-refractivity contribution in [2.24, 2.45) is 11.3 Å². The minimum Gasteiger partial charge on any atom is -0.469 e. The van der Waals surface area contributed by atoms with Gasteiger partial charge in [-0.3, -0.25) is 0 Å². The van der Waals surface area contributed by atoms with Crippen LogP contribution in [0.3, 0.4) is 0 Å². The molecule has 2 heterocycles. The summed E-state index contributed by atoms with van der Waals surface area (Å²) in [5.41, 5.74) is 1.03. The Morgan fingerprint density at radius 3 is 3.00 bits per heavy atom. The lowest BCUT2D eigenvalue weighted by Crippen LogP contribution is -2.67. The van der Waals surface area contributed by atoms with Crippen molar-refractivity contribution in [3.05, 3.63) is 23.7 Å². The van der Waals surface area contributed by atoms with Gasteiger partial charge in [-0.2, -0.15) is 0 Å². The molecule has 3 unspecified atom stereocenters. The zero-order valence-electron chi connectivity index (χ0n) is 12.2. The van der Waals surface area contributed by atoms with Crippen LogP contribution in [0.15, 0.2) is 16.7 Å². The second-order valence-corrected chi connectivity index (χ2v) is 6.37. The van der Waals surface area contributed by atoms with Crippen LogP contribution in [0.25, 0.3) is 0 Å². The number of ether oxygens (including phenoxy) is 1. The van der Waals surface area contributed by atoms with Crippen LogP contribution in [-0.4, -0.2) is 24.8 Å². The van der Waals surface area contributed by atoms with Gasteiger partial charge in [-0.15, -0.1) is 0 Å². The van der Waals surface area contributed by atoms with Crippen LogP contribution >= 0.6 is 0 Å². The van der Waals surface area contributed by atoms with Crippen molar-refractivity contribution in [2.45, 2.75) is 45.9 Å². The molecule has 0 spiro atoms. The molecule has 5 heteroatoms. The van der Waals surface area contributed by atoms with Crippen LogP contribution in [0, 0.1) is 18.3 Å². The van der Waals surface area contributed by atoms with Gasteiger partial charge in [0.05, 0.1) is 12.4 Å². The number of rotatable bonds is 3. The van der Waals surface area contributed by atoms with E-state index in [-0.39, 0.29) is 17.5 Å². The van der Waals surface area contributed by atoms with E-state index in [1.807, 2.05) is 13.0 Å². The van der Waals surface area contributed by atoms with E-state index in [1.54, 1.807) is 6.26 Å². The summed E-state index contributed by atoms with van der Waals surface area (Å²) in [6.07, 6.45) is 2.98. The first-order valence-electron chi connectivity index (χ1n) is 7.19. The van der Waals surface area contributed by atoms with Gasteiger partial charge in [-0.1, -0.05) is 13.8 Å². The molecule has 5 nitrogen and oxygen atoms in total. The van der Waals surface area contributed by atoms with Gasteiger partial charge < -0.3 is 19.8 Å². The van der Waals surface area contributed by atoms with Crippen LogP contribution in [0.1, 0.15) is 31.6 Å². The first kappa shape index (κ1) is 13.5. The molecule has 0 aromatic carbocycles. The summed E-state index contributed by atoms with van der Waals surface area (Å²) in [4.78, 5) is 12.0. The Balaban J connectivity index is 1.53. The Morgan fingerprint density at radius 1 is 1.50 bits per heavy atom. The molecule has 0 bridgehead atoms. The average molecular weight is 278 g/mol. The zero-order chi connectivity index (χ0) is 14.3. The number of aryl methyl sites for hydroxylation is 1. The quantitative estimate of drug-likeness (QED) is 0.891. The predicted molar refractivity (Wildman–Crippen MR) is 74.2 cm³/mol. The van der Waals surface area contributed by atoms with Crippen LogP contribution in [0.4, 0.5) is 4.79 Å². The summed E-state index contributed by atoms with van der Waals surface area (Å²) < 4.78 is 10.9. The zero-order valence-corrected chi connectivity index (χ0v) is 12.2. The van der Waals surface area contributed by atoms with Crippen molar-refractivity contribution in [3.63, 3.8) is 0 Å². The molecule has 1 aliphatic heterocycles. The van der Waals surface area contributed by atoms with Crippen molar-refractivity contribution in [1.82, 2.24) is 10.6 Å². The molecule has 1 aliphatic carbocycles. The van der Waals surface area contributed by atoms with Gasteiger partial charge in [0, 0.05) is 36.1 Å². The molecule has 2 fully saturated rings. The average Bonchev–Trinajstić information content (AvgIpc) is 3.01. The van der Waals surface area contributed by atoms with E-state index in [1.165, 1.54) is 0 Å². The summed E-state index contributed by atoms with van der Waals surface area (Å²) in [5.74, 6) is 1.31. The minimum atomic E-state index is -0.117. The second kappa shape index (κ2) is 4.81. The van der Waals surface area contributed by atoms with E-state index < -0.39 is 0 Å². The van der Waals surface area contributed by atoms with Gasteiger partial charge in [-0.25, -0.2) is 4.79 Å². The highest BCUT2D eigenvalue weighted by atomic mass is 16.5. The molecule has 2 aliphatic rings. The Kier molecular flexibility index (Phi) is 3.24. The fourth-order valence-electron chi connectivity index (χ4n) is 3.58. The predicted octanol–water partition coefficient (Wildman–Crippen LogP) is 2.20. The van der Waals surface area contributed by atoms with Crippen molar-refractivity contribution >= 4 is 6.03 Å². The highest BCUT2D eigenvalue weighted by molar-refractivity contribution is 5.74. The number of carbonyl (C=O) groups excluding carboxylic acids is 1. The molecule has 20 heavy (non-hydrogen) atoms. The first-order valence-corrected chi connectivity index (χ1v) is 7.19. The monoisotopic (exact) mass is 278 g/mol. The molecule has 3 atom stereocenters. The number of hydrogen-bond acceptors (Lipinski definition) is 3. The highest BCUT2D eigenvalue weighted by Gasteiger charge is 2.59. The van der Waals surface area contributed by atoms with Gasteiger partial charge in [-0.05, 0) is 19.4 Å². The topological polar surface area (TPSA) is 63.5 Å². The van der Waals surface area contributed by atoms with Gasteiger partial charge in [0.25, 0.3) is 0 Å². The fourth-order valence-corrected chi connectivity index (χ4v) is 3.58. The van der Waals surface area contributed by atoms with Crippen molar-refractivity contribution < 1.29 is 13.9 Å². The smallest absolute Gasteiger partial charge is 0.315 e. The number of hydrogen-bond donors (Lipinski definition) is 2. The summed E-state index contributed by atoms with van der Waals surface area (Å²) in [5, 5.41) is 5.99. The minimum absolute atomic E-state index is 0.0179. The summed E-state index contributed by atoms with van der Waals surface area (Å²) >= 11 is 0. The van der Waals surface area contributed by atoms with Gasteiger partial charge in [0.15, 0.2) is 0 Å². The van der Waals surface area contributed by atoms with E-state index in [4.69, 9.17) is 9.15 Å². The molecule has 1 saturated carbocycles. The van der Waals surface area contributed by atoms with E-state index in [0.29, 0.717) is 18.6 Å². The SMILES string of the molecule is Cc1occc1CNC(=O)NC1C2CCOC2C1(C)C. The second-order valence-electron chi connectivity index (χ2n) is 6.37. The van der Waals surface area contributed by atoms with Crippen molar-refractivity contribution in [3.8, 4) is 0 Å². The summed E-state index contributed by atoms with van der Waals surface area (Å²) in [6.45, 7) is 7.51. The molecule has 1 aromatic heterocycles. The number of carbonyl (C=O) groups is 1. The summed E-state index contributed by atoms with van der Waals surface area (Å²) in [6, 6.07) is 1.96. The molecule has 110 valence electrons. The fraction of sp³-hybridized carbons (Fsp3) is 0.667. The Bertz CT molecular complexity index is 509. The molecule has 1 saturated heterocycles. The van der Waals surface area contributed by atoms with Crippen molar-refractivity contribution in [2.75, 3.05) is 6.61 Å². The molecule has 0 radical (unpaired) electrons. The van der Waals surface area contributed by atoms with Gasteiger partial charge >= 0.3 is 6.03 Å². The first-order chi connectivity index (χ1) is 9.50. The molecule has 2 amide bonds. The molecular formula is C15H22N2O3. The third-order valence-electron chi connectivity index (χ3n) is 4.79. The Labute approximate surface area is 119 Å². The molecule has 1 aromatic rings. The van der Waals surface area contributed by atoms with E-state index in [9.17, 15) is 4.79 Å². The molecule has 2 N–H and O–H groups in total. The van der Waals surface area contributed by atoms with E-state index in [2.05, 4.69) is 24.5 Å². The number of nitrogens with one attached hydrogen (secondary N) is 2. The van der Waals surface area contributed by atoms with Crippen LogP contribution in [-0.2, 0) is 11.3 Å². The lowest BCUT2D eigenvalue weighted by molar-refractivity contribution is -0.108. The number of furan rings is 1. The standard InChI is InChI=1S/C15H22N2O3/c1-9-10(4-6-19-9)8-16-14(18)17-12-11-5-7-20-13(11)15(12,2)3/h4,6,11-13H,5,7-8H2,1-3H3,(H2,16,17,18).